The molecule has 1 nitrogen and oxygen atoms in total. The van der Waals surface area contributed by atoms with E-state index in [0.29, 0.717) is 23.7 Å². The average Bonchev–Trinajstić information content (AvgIpc) is 2.26. The van der Waals surface area contributed by atoms with Gasteiger partial charge in [-0.2, -0.15) is 0 Å². The third-order valence-electron chi connectivity index (χ3n) is 3.66. The minimum absolute atomic E-state index is 0.477. The van der Waals surface area contributed by atoms with Crippen molar-refractivity contribution in [3.05, 3.63) is 22.5 Å². The van der Waals surface area contributed by atoms with Crippen molar-refractivity contribution in [3.8, 4) is 0 Å². The highest BCUT2D eigenvalue weighted by Crippen LogP contribution is 2.39. The Morgan fingerprint density at radius 3 is 1.50 bits per heavy atom. The summed E-state index contributed by atoms with van der Waals surface area (Å²) in [6.45, 7) is 19.0. The van der Waals surface area contributed by atoms with Gasteiger partial charge in [0.05, 0.1) is 0 Å². The van der Waals surface area contributed by atoms with E-state index in [2.05, 4.69) is 55.4 Å². The van der Waals surface area contributed by atoms with E-state index in [1.165, 1.54) is 16.9 Å². The van der Waals surface area contributed by atoms with Crippen LogP contribution in [0.25, 0.3) is 0 Å². The summed E-state index contributed by atoms with van der Waals surface area (Å²) in [6, 6.07) is 0. The van der Waals surface area contributed by atoms with E-state index in [9.17, 15) is 0 Å². The van der Waals surface area contributed by atoms with Crippen molar-refractivity contribution in [2.45, 2.75) is 55.4 Å². The van der Waals surface area contributed by atoms with Crippen molar-refractivity contribution in [2.75, 3.05) is 6.61 Å². The monoisotopic (exact) mass is 250 g/mol. The van der Waals surface area contributed by atoms with Crippen molar-refractivity contribution >= 4 is 0 Å². The molecule has 0 radical (unpaired) electrons. The number of ether oxygens (including phenoxy) is 1. The Balaban J connectivity index is 3.43. The van der Waals surface area contributed by atoms with Crippen LogP contribution in [0.3, 0.4) is 0 Å². The maximum atomic E-state index is 6.09. The number of hydrogen-bond acceptors (Lipinski definition) is 1. The second-order valence-corrected chi connectivity index (χ2v) is 6.62. The van der Waals surface area contributed by atoms with Crippen molar-refractivity contribution in [1.29, 1.82) is 0 Å². The fraction of sp³-hybridized carbons (Fsp3) is 0.765. The Kier molecular flexibility index (Phi) is 5.07. The Morgan fingerprint density at radius 2 is 1.17 bits per heavy atom. The third-order valence-corrected chi connectivity index (χ3v) is 3.66. The lowest BCUT2D eigenvalue weighted by Crippen LogP contribution is -2.23. The SMILES string of the molecule is CC(C)C1=C(C(C)C)C(C(C)C)=C(C(C)C)OC1. The lowest BCUT2D eigenvalue weighted by atomic mass is 9.78. The normalized spacial score (nSPS) is 17.6. The molecule has 1 aliphatic heterocycles. The molecule has 0 aromatic heterocycles. The average molecular weight is 250 g/mol. The molecule has 1 heterocycles. The van der Waals surface area contributed by atoms with Gasteiger partial charge in [0.1, 0.15) is 12.4 Å². The second kappa shape index (κ2) is 5.95. The van der Waals surface area contributed by atoms with E-state index in [1.807, 2.05) is 0 Å². The highest BCUT2D eigenvalue weighted by Gasteiger charge is 2.28. The van der Waals surface area contributed by atoms with Gasteiger partial charge in [-0.15, -0.1) is 0 Å². The Morgan fingerprint density at radius 1 is 0.667 bits per heavy atom. The van der Waals surface area contributed by atoms with Gasteiger partial charge in [-0.25, -0.2) is 0 Å². The lowest BCUT2D eigenvalue weighted by molar-refractivity contribution is 0.185. The van der Waals surface area contributed by atoms with Crippen LogP contribution in [0.2, 0.25) is 0 Å². The molecule has 0 aromatic rings. The smallest absolute Gasteiger partial charge is 0.110 e. The molecule has 18 heavy (non-hydrogen) atoms. The zero-order valence-electron chi connectivity index (χ0n) is 13.4. The highest BCUT2D eigenvalue weighted by molar-refractivity contribution is 5.43. The summed E-state index contributed by atoms with van der Waals surface area (Å²) in [4.78, 5) is 0. The molecule has 0 saturated carbocycles. The molecule has 0 amide bonds. The van der Waals surface area contributed by atoms with Crippen LogP contribution in [0.15, 0.2) is 22.5 Å². The zero-order valence-corrected chi connectivity index (χ0v) is 13.4. The maximum absolute atomic E-state index is 6.09. The highest BCUT2D eigenvalue weighted by atomic mass is 16.5. The van der Waals surface area contributed by atoms with Crippen LogP contribution < -0.4 is 0 Å². The van der Waals surface area contributed by atoms with Gasteiger partial charge in [-0.1, -0.05) is 55.4 Å². The molecule has 0 spiro atoms. The topological polar surface area (TPSA) is 9.23 Å². The van der Waals surface area contributed by atoms with Crippen LogP contribution in [0.4, 0.5) is 0 Å². The fourth-order valence-corrected chi connectivity index (χ4v) is 2.85. The molecule has 0 fully saturated rings. The Hall–Kier alpha value is -0.720. The third kappa shape index (κ3) is 2.99. The van der Waals surface area contributed by atoms with Crippen molar-refractivity contribution in [1.82, 2.24) is 0 Å². The number of rotatable bonds is 4. The summed E-state index contributed by atoms with van der Waals surface area (Å²) >= 11 is 0. The summed E-state index contributed by atoms with van der Waals surface area (Å²) < 4.78 is 6.09. The van der Waals surface area contributed by atoms with Gasteiger partial charge in [0.2, 0.25) is 0 Å². The summed E-state index contributed by atoms with van der Waals surface area (Å²) in [7, 11) is 0. The van der Waals surface area contributed by atoms with E-state index in [4.69, 9.17) is 4.74 Å². The second-order valence-electron chi connectivity index (χ2n) is 6.62. The summed E-state index contributed by atoms with van der Waals surface area (Å²) in [5.74, 6) is 3.39. The fourth-order valence-electron chi connectivity index (χ4n) is 2.85. The molecule has 0 saturated heterocycles. The van der Waals surface area contributed by atoms with E-state index in [0.717, 1.165) is 6.61 Å². The molecule has 0 aliphatic carbocycles. The van der Waals surface area contributed by atoms with Crippen LogP contribution in [0.5, 0.6) is 0 Å². The van der Waals surface area contributed by atoms with Crippen molar-refractivity contribution in [2.24, 2.45) is 23.7 Å². The largest absolute Gasteiger partial charge is 0.493 e. The molecule has 0 N–H and O–H groups in total. The molecular weight excluding hydrogens is 220 g/mol. The lowest BCUT2D eigenvalue weighted by Gasteiger charge is -2.34. The van der Waals surface area contributed by atoms with Crippen LogP contribution in [-0.4, -0.2) is 6.61 Å². The van der Waals surface area contributed by atoms with Gasteiger partial charge in [0.25, 0.3) is 0 Å². The maximum Gasteiger partial charge on any atom is 0.110 e. The van der Waals surface area contributed by atoms with Crippen molar-refractivity contribution in [3.63, 3.8) is 0 Å². The molecule has 1 rings (SSSR count). The number of allylic oxidation sites excluding steroid dienone is 3. The van der Waals surface area contributed by atoms with Crippen LogP contribution in [-0.2, 0) is 4.74 Å². The van der Waals surface area contributed by atoms with Gasteiger partial charge in [-0.3, -0.25) is 0 Å². The number of hydrogen-bond donors (Lipinski definition) is 0. The minimum Gasteiger partial charge on any atom is -0.493 e. The van der Waals surface area contributed by atoms with E-state index in [-0.39, 0.29) is 0 Å². The Labute approximate surface area is 113 Å². The van der Waals surface area contributed by atoms with Gasteiger partial charge < -0.3 is 4.74 Å². The van der Waals surface area contributed by atoms with E-state index in [1.54, 1.807) is 5.57 Å². The predicted molar refractivity (Wildman–Crippen MR) is 79.4 cm³/mol. The van der Waals surface area contributed by atoms with Crippen LogP contribution in [0, 0.1) is 23.7 Å². The first-order chi connectivity index (χ1) is 8.27. The first-order valence-electron chi connectivity index (χ1n) is 7.37. The molecule has 104 valence electrons. The summed E-state index contributed by atoms with van der Waals surface area (Å²) in [5, 5.41) is 0. The Bertz CT molecular complexity index is 318. The molecule has 0 bridgehead atoms. The molecule has 0 atom stereocenters. The predicted octanol–water partition coefficient (Wildman–Crippen LogP) is 5.19. The minimum atomic E-state index is 0.477. The van der Waals surface area contributed by atoms with Crippen LogP contribution >= 0.6 is 0 Å². The standard InChI is InChI=1S/C17H30O/c1-10(2)14-9-18-17(13(7)8)16(12(5)6)15(14)11(3)4/h10-13H,9H2,1-8H3. The summed E-state index contributed by atoms with van der Waals surface area (Å²) in [6.07, 6.45) is 0. The quantitative estimate of drug-likeness (QED) is 0.667. The first kappa shape index (κ1) is 15.3. The van der Waals surface area contributed by atoms with Crippen molar-refractivity contribution < 1.29 is 4.74 Å². The molecular formula is C17H30O. The van der Waals surface area contributed by atoms with E-state index >= 15 is 0 Å². The van der Waals surface area contributed by atoms with Gasteiger partial charge in [-0.05, 0) is 34.5 Å². The molecule has 1 heteroatoms. The summed E-state index contributed by atoms with van der Waals surface area (Å²) in [5.41, 5.74) is 4.53. The van der Waals surface area contributed by atoms with E-state index < -0.39 is 0 Å². The molecule has 0 unspecified atom stereocenters. The molecule has 0 aromatic carbocycles. The van der Waals surface area contributed by atoms with Crippen LogP contribution in [0.1, 0.15) is 55.4 Å². The van der Waals surface area contributed by atoms with Gasteiger partial charge in [0, 0.05) is 5.92 Å². The molecule has 1 aliphatic rings. The van der Waals surface area contributed by atoms with Gasteiger partial charge in [0.15, 0.2) is 0 Å². The zero-order chi connectivity index (χ0) is 14.0. The first-order valence-corrected chi connectivity index (χ1v) is 7.37. The van der Waals surface area contributed by atoms with Gasteiger partial charge >= 0.3 is 0 Å².